The Labute approximate surface area is 162 Å². The van der Waals surface area contributed by atoms with E-state index in [9.17, 15) is 26.4 Å². The van der Waals surface area contributed by atoms with Crippen molar-refractivity contribution in [2.75, 3.05) is 39.4 Å². The fraction of sp³-hybridized carbons (Fsp3) is 0.611. The molecule has 2 fully saturated rings. The second kappa shape index (κ2) is 8.38. The molecule has 0 unspecified atom stereocenters. The van der Waals surface area contributed by atoms with Gasteiger partial charge in [0.05, 0.1) is 10.5 Å². The summed E-state index contributed by atoms with van der Waals surface area (Å²) in [6.45, 7) is 2.14. The lowest BCUT2D eigenvalue weighted by atomic mass is 9.96. The fourth-order valence-electron chi connectivity index (χ4n) is 3.47. The Bertz CT molecular complexity index is 782. The zero-order chi connectivity index (χ0) is 20.4. The summed E-state index contributed by atoms with van der Waals surface area (Å²) in [6.07, 6.45) is -2.37. The average Bonchev–Trinajstić information content (AvgIpc) is 2.68. The van der Waals surface area contributed by atoms with Crippen LogP contribution in [-0.2, 0) is 25.7 Å². The summed E-state index contributed by atoms with van der Waals surface area (Å²) < 4.78 is 69.8. The van der Waals surface area contributed by atoms with Crippen molar-refractivity contribution in [3.63, 3.8) is 0 Å². The van der Waals surface area contributed by atoms with Gasteiger partial charge in [-0.25, -0.2) is 8.42 Å². The van der Waals surface area contributed by atoms with Gasteiger partial charge in [0.25, 0.3) is 0 Å². The molecule has 28 heavy (non-hydrogen) atoms. The van der Waals surface area contributed by atoms with Crippen LogP contribution in [0.4, 0.5) is 13.2 Å². The van der Waals surface area contributed by atoms with Gasteiger partial charge in [0.1, 0.15) is 0 Å². The first-order valence-electron chi connectivity index (χ1n) is 9.21. The minimum atomic E-state index is -4.52. The first-order chi connectivity index (χ1) is 13.2. The van der Waals surface area contributed by atoms with Crippen LogP contribution in [0.5, 0.6) is 0 Å². The molecule has 0 radical (unpaired) electrons. The lowest BCUT2D eigenvalue weighted by Crippen LogP contribution is -2.50. The molecule has 2 aliphatic heterocycles. The Morgan fingerprint density at radius 2 is 1.61 bits per heavy atom. The minimum Gasteiger partial charge on any atom is -0.381 e. The Hall–Kier alpha value is -1.65. The van der Waals surface area contributed by atoms with Crippen molar-refractivity contribution in [2.24, 2.45) is 5.92 Å². The summed E-state index contributed by atoms with van der Waals surface area (Å²) in [6, 6.07) is 3.47. The number of ether oxygens (including phenoxy) is 1. The summed E-state index contributed by atoms with van der Waals surface area (Å²) in [5.41, 5.74) is -0.894. The predicted molar refractivity (Wildman–Crippen MR) is 94.9 cm³/mol. The molecule has 2 aliphatic rings. The second-order valence-corrected chi connectivity index (χ2v) is 9.00. The average molecular weight is 420 g/mol. The molecule has 0 saturated carbocycles. The highest BCUT2D eigenvalue weighted by Gasteiger charge is 2.33. The highest BCUT2D eigenvalue weighted by atomic mass is 32.2. The third-order valence-corrected chi connectivity index (χ3v) is 7.13. The molecule has 3 rings (SSSR count). The first-order valence-corrected chi connectivity index (χ1v) is 10.6. The van der Waals surface area contributed by atoms with Crippen molar-refractivity contribution in [1.82, 2.24) is 9.21 Å². The fourth-order valence-corrected chi connectivity index (χ4v) is 4.89. The number of halogens is 3. The van der Waals surface area contributed by atoms with E-state index >= 15 is 0 Å². The Morgan fingerprint density at radius 1 is 1.04 bits per heavy atom. The van der Waals surface area contributed by atoms with Gasteiger partial charge in [-0.1, -0.05) is 0 Å². The van der Waals surface area contributed by atoms with Crippen LogP contribution in [0, 0.1) is 5.92 Å². The Balaban J connectivity index is 1.58. The summed E-state index contributed by atoms with van der Waals surface area (Å²) in [5, 5.41) is 0. The van der Waals surface area contributed by atoms with E-state index < -0.39 is 21.8 Å². The van der Waals surface area contributed by atoms with Crippen molar-refractivity contribution in [1.29, 1.82) is 0 Å². The first kappa shape index (κ1) is 21.1. The number of hydrogen-bond acceptors (Lipinski definition) is 4. The van der Waals surface area contributed by atoms with Crippen LogP contribution in [0.2, 0.25) is 0 Å². The number of carbonyl (C=O) groups excluding carboxylic acids is 1. The van der Waals surface area contributed by atoms with Crippen LogP contribution in [0.15, 0.2) is 29.2 Å². The van der Waals surface area contributed by atoms with Gasteiger partial charge >= 0.3 is 6.18 Å². The molecule has 0 aliphatic carbocycles. The van der Waals surface area contributed by atoms with Gasteiger partial charge in [-0.2, -0.15) is 17.5 Å². The number of piperazine rings is 1. The van der Waals surface area contributed by atoms with Crippen molar-refractivity contribution >= 4 is 15.9 Å². The molecule has 10 heteroatoms. The maximum Gasteiger partial charge on any atom is 0.416 e. The molecule has 0 bridgehead atoms. The SMILES string of the molecule is O=C(CC1CCOCC1)N1CCN(S(=O)(=O)c2ccc(C(F)(F)F)cc2)CC1. The number of hydrogen-bond donors (Lipinski definition) is 0. The molecule has 1 amide bonds. The number of nitrogens with zero attached hydrogens (tertiary/aromatic N) is 2. The monoisotopic (exact) mass is 420 g/mol. The molecule has 2 heterocycles. The number of carbonyl (C=O) groups is 1. The smallest absolute Gasteiger partial charge is 0.381 e. The molecular formula is C18H23F3N2O4S. The summed E-state index contributed by atoms with van der Waals surface area (Å²) in [5.74, 6) is 0.314. The van der Waals surface area contributed by atoms with Gasteiger partial charge in [-0.15, -0.1) is 0 Å². The molecule has 0 atom stereocenters. The summed E-state index contributed by atoms with van der Waals surface area (Å²) in [7, 11) is -3.89. The molecule has 2 saturated heterocycles. The van der Waals surface area contributed by atoms with E-state index in [1.54, 1.807) is 4.90 Å². The maximum absolute atomic E-state index is 12.7. The van der Waals surface area contributed by atoms with Crippen LogP contribution < -0.4 is 0 Å². The van der Waals surface area contributed by atoms with Crippen LogP contribution in [0.1, 0.15) is 24.8 Å². The van der Waals surface area contributed by atoms with Crippen molar-refractivity contribution in [3.05, 3.63) is 29.8 Å². The maximum atomic E-state index is 12.7. The number of benzene rings is 1. The number of alkyl halides is 3. The van der Waals surface area contributed by atoms with Crippen LogP contribution in [-0.4, -0.2) is 62.9 Å². The minimum absolute atomic E-state index is 0.0125. The lowest BCUT2D eigenvalue weighted by Gasteiger charge is -2.35. The van der Waals surface area contributed by atoms with Crippen LogP contribution >= 0.6 is 0 Å². The number of sulfonamides is 1. The largest absolute Gasteiger partial charge is 0.416 e. The molecular weight excluding hydrogens is 397 g/mol. The van der Waals surface area contributed by atoms with E-state index in [0.29, 0.717) is 25.6 Å². The van der Waals surface area contributed by atoms with Crippen molar-refractivity contribution in [2.45, 2.75) is 30.3 Å². The van der Waals surface area contributed by atoms with E-state index in [2.05, 4.69) is 0 Å². The molecule has 1 aromatic carbocycles. The third-order valence-electron chi connectivity index (χ3n) is 5.21. The van der Waals surface area contributed by atoms with E-state index in [4.69, 9.17) is 4.74 Å². The van der Waals surface area contributed by atoms with Crippen molar-refractivity contribution < 1.29 is 31.1 Å². The molecule has 0 N–H and O–H groups in total. The van der Waals surface area contributed by atoms with E-state index in [0.717, 1.165) is 37.1 Å². The third kappa shape index (κ3) is 4.84. The van der Waals surface area contributed by atoms with Gasteiger partial charge in [0.2, 0.25) is 15.9 Å². The summed E-state index contributed by atoms with van der Waals surface area (Å²) in [4.78, 5) is 13.9. The standard InChI is InChI=1S/C18H23F3N2O4S/c19-18(20,21)15-1-3-16(4-2-15)28(25,26)23-9-7-22(8-10-23)17(24)13-14-5-11-27-12-6-14/h1-4,14H,5-13H2. The zero-order valence-corrected chi connectivity index (χ0v) is 16.1. The Morgan fingerprint density at radius 3 is 2.14 bits per heavy atom. The van der Waals surface area contributed by atoms with Gasteiger partial charge in [0, 0.05) is 45.8 Å². The van der Waals surface area contributed by atoms with Crippen LogP contribution in [0.3, 0.4) is 0 Å². The number of amides is 1. The van der Waals surface area contributed by atoms with E-state index in [-0.39, 0.29) is 37.0 Å². The highest BCUT2D eigenvalue weighted by Crippen LogP contribution is 2.30. The van der Waals surface area contributed by atoms with Gasteiger partial charge < -0.3 is 9.64 Å². The Kier molecular flexibility index (Phi) is 6.31. The van der Waals surface area contributed by atoms with E-state index in [1.165, 1.54) is 4.31 Å². The summed E-state index contributed by atoms with van der Waals surface area (Å²) >= 11 is 0. The van der Waals surface area contributed by atoms with E-state index in [1.807, 2.05) is 0 Å². The quantitative estimate of drug-likeness (QED) is 0.750. The highest BCUT2D eigenvalue weighted by molar-refractivity contribution is 7.89. The molecule has 6 nitrogen and oxygen atoms in total. The van der Waals surface area contributed by atoms with Crippen molar-refractivity contribution in [3.8, 4) is 0 Å². The molecule has 156 valence electrons. The predicted octanol–water partition coefficient (Wildman–Crippen LogP) is 2.36. The molecule has 0 aromatic heterocycles. The second-order valence-electron chi connectivity index (χ2n) is 7.07. The van der Waals surface area contributed by atoms with Crippen LogP contribution in [0.25, 0.3) is 0 Å². The lowest BCUT2D eigenvalue weighted by molar-refractivity contribution is -0.137. The number of rotatable bonds is 4. The topological polar surface area (TPSA) is 66.9 Å². The zero-order valence-electron chi connectivity index (χ0n) is 15.3. The normalized spacial score (nSPS) is 20.3. The van der Waals surface area contributed by atoms with Gasteiger partial charge in [-0.05, 0) is 43.0 Å². The van der Waals surface area contributed by atoms with Gasteiger partial charge in [0.15, 0.2) is 0 Å². The molecule has 0 spiro atoms. The molecule has 1 aromatic rings. The van der Waals surface area contributed by atoms with Gasteiger partial charge in [-0.3, -0.25) is 4.79 Å².